The van der Waals surface area contributed by atoms with Crippen LogP contribution in [0.3, 0.4) is 0 Å². The Bertz CT molecular complexity index is 544. The van der Waals surface area contributed by atoms with Gasteiger partial charge >= 0.3 is 0 Å². The van der Waals surface area contributed by atoms with Gasteiger partial charge in [-0.25, -0.2) is 0 Å². The molecular weight excluding hydrogens is 272 g/mol. The Morgan fingerprint density at radius 2 is 2.05 bits per heavy atom. The average molecular weight is 292 g/mol. The fourth-order valence-corrected chi connectivity index (χ4v) is 3.09. The van der Waals surface area contributed by atoms with Crippen molar-refractivity contribution in [2.45, 2.75) is 45.3 Å². The van der Waals surface area contributed by atoms with Crippen LogP contribution in [0.15, 0.2) is 0 Å². The van der Waals surface area contributed by atoms with Gasteiger partial charge in [0.05, 0.1) is 23.4 Å². The summed E-state index contributed by atoms with van der Waals surface area (Å²) < 4.78 is 5.84. The van der Waals surface area contributed by atoms with Crippen molar-refractivity contribution >= 4 is 23.0 Å². The topological polar surface area (TPSA) is 73.1 Å². The van der Waals surface area contributed by atoms with Crippen molar-refractivity contribution < 1.29 is 4.74 Å². The summed E-state index contributed by atoms with van der Waals surface area (Å²) in [6.07, 6.45) is 3.82. The number of hydrogen-bond acceptors (Lipinski definition) is 5. The summed E-state index contributed by atoms with van der Waals surface area (Å²) in [6, 6.07) is 0.284. The van der Waals surface area contributed by atoms with Crippen molar-refractivity contribution in [1.29, 1.82) is 0 Å². The van der Waals surface area contributed by atoms with Crippen LogP contribution in [0.4, 0.5) is 5.82 Å². The van der Waals surface area contributed by atoms with Crippen molar-refractivity contribution in [1.82, 2.24) is 10.2 Å². The number of thiocarbonyl (C=S) groups is 1. The fraction of sp³-hybridized carbons (Fsp3) is 0.643. The Hall–Kier alpha value is -1.27. The first kappa shape index (κ1) is 13.7. The SMILES string of the molecule is Cc1nnc(NC2CCOC2C2CC2)c(C(N)=S)c1C. The predicted molar refractivity (Wildman–Crippen MR) is 81.9 cm³/mol. The Morgan fingerprint density at radius 1 is 1.30 bits per heavy atom. The monoisotopic (exact) mass is 292 g/mol. The van der Waals surface area contributed by atoms with Crippen LogP contribution in [0, 0.1) is 19.8 Å². The van der Waals surface area contributed by atoms with E-state index in [0.29, 0.717) is 16.7 Å². The Balaban J connectivity index is 1.86. The average Bonchev–Trinajstić information content (AvgIpc) is 3.14. The maximum Gasteiger partial charge on any atom is 0.159 e. The molecule has 0 aromatic carbocycles. The lowest BCUT2D eigenvalue weighted by atomic mass is 10.0. The van der Waals surface area contributed by atoms with Gasteiger partial charge in [0.15, 0.2) is 5.82 Å². The zero-order valence-corrected chi connectivity index (χ0v) is 12.7. The molecule has 3 N–H and O–H groups in total. The number of hydrogen-bond donors (Lipinski definition) is 2. The van der Waals surface area contributed by atoms with Crippen LogP contribution < -0.4 is 11.1 Å². The lowest BCUT2D eigenvalue weighted by Gasteiger charge is -2.22. The first-order valence-corrected chi connectivity index (χ1v) is 7.50. The van der Waals surface area contributed by atoms with Crippen molar-refractivity contribution in [2.24, 2.45) is 11.7 Å². The highest BCUT2D eigenvalue weighted by Crippen LogP contribution is 2.39. The summed E-state index contributed by atoms with van der Waals surface area (Å²) in [5, 5.41) is 11.9. The standard InChI is InChI=1S/C14H20N4OS/c1-7-8(2)17-18-14(11(7)13(15)20)16-10-5-6-19-12(10)9-3-4-9/h9-10,12H,3-6H2,1-2H3,(H2,15,20)(H,16,18). The third kappa shape index (κ3) is 2.50. The molecule has 2 unspecified atom stereocenters. The molecule has 108 valence electrons. The molecule has 1 aromatic heterocycles. The molecule has 1 aromatic rings. The maximum absolute atomic E-state index is 5.86. The molecular formula is C14H20N4OS. The Kier molecular flexibility index (Phi) is 3.60. The summed E-state index contributed by atoms with van der Waals surface area (Å²) in [4.78, 5) is 0.366. The van der Waals surface area contributed by atoms with Gasteiger partial charge in [-0.15, -0.1) is 5.10 Å². The second kappa shape index (κ2) is 5.26. The largest absolute Gasteiger partial charge is 0.389 e. The Morgan fingerprint density at radius 3 is 2.70 bits per heavy atom. The van der Waals surface area contributed by atoms with Gasteiger partial charge in [0.1, 0.15) is 4.99 Å². The minimum Gasteiger partial charge on any atom is -0.389 e. The van der Waals surface area contributed by atoms with Gasteiger partial charge < -0.3 is 15.8 Å². The summed E-state index contributed by atoms with van der Waals surface area (Å²) in [6.45, 7) is 4.70. The van der Waals surface area contributed by atoms with E-state index in [0.717, 1.165) is 29.8 Å². The van der Waals surface area contributed by atoms with E-state index in [4.69, 9.17) is 22.7 Å². The lowest BCUT2D eigenvalue weighted by molar-refractivity contribution is 0.0898. The van der Waals surface area contributed by atoms with E-state index in [1.807, 2.05) is 13.8 Å². The minimum atomic E-state index is 0.284. The second-order valence-corrected chi connectivity index (χ2v) is 6.15. The quantitative estimate of drug-likeness (QED) is 0.823. The smallest absolute Gasteiger partial charge is 0.159 e. The van der Waals surface area contributed by atoms with E-state index in [1.54, 1.807) is 0 Å². The first-order valence-electron chi connectivity index (χ1n) is 7.09. The summed E-state index contributed by atoms with van der Waals surface area (Å²) >= 11 is 5.17. The molecule has 1 aliphatic heterocycles. The molecule has 0 bridgehead atoms. The number of nitrogens with one attached hydrogen (secondary N) is 1. The van der Waals surface area contributed by atoms with Gasteiger partial charge in [0, 0.05) is 6.61 Å². The van der Waals surface area contributed by atoms with E-state index in [2.05, 4.69) is 15.5 Å². The van der Waals surface area contributed by atoms with E-state index < -0.39 is 0 Å². The number of rotatable bonds is 4. The molecule has 0 amide bonds. The maximum atomic E-state index is 5.86. The van der Waals surface area contributed by atoms with Crippen molar-refractivity contribution in [3.8, 4) is 0 Å². The van der Waals surface area contributed by atoms with Crippen molar-refractivity contribution in [3.63, 3.8) is 0 Å². The molecule has 1 aliphatic carbocycles. The fourth-order valence-electron chi connectivity index (χ4n) is 2.84. The van der Waals surface area contributed by atoms with E-state index in [-0.39, 0.29) is 12.1 Å². The summed E-state index contributed by atoms with van der Waals surface area (Å²) in [7, 11) is 0. The molecule has 1 saturated carbocycles. The lowest BCUT2D eigenvalue weighted by Crippen LogP contribution is -2.32. The van der Waals surface area contributed by atoms with Crippen LogP contribution in [0.25, 0.3) is 0 Å². The van der Waals surface area contributed by atoms with E-state index >= 15 is 0 Å². The number of aromatic nitrogens is 2. The van der Waals surface area contributed by atoms with Crippen molar-refractivity contribution in [2.75, 3.05) is 11.9 Å². The molecule has 2 heterocycles. The minimum absolute atomic E-state index is 0.284. The second-order valence-electron chi connectivity index (χ2n) is 5.71. The highest BCUT2D eigenvalue weighted by atomic mass is 32.1. The highest BCUT2D eigenvalue weighted by Gasteiger charge is 2.41. The molecule has 5 nitrogen and oxygen atoms in total. The third-order valence-electron chi connectivity index (χ3n) is 4.25. The van der Waals surface area contributed by atoms with Gasteiger partial charge in [0.25, 0.3) is 0 Å². The molecule has 0 radical (unpaired) electrons. The van der Waals surface area contributed by atoms with Crippen LogP contribution >= 0.6 is 12.2 Å². The molecule has 2 aliphatic rings. The third-order valence-corrected chi connectivity index (χ3v) is 4.45. The van der Waals surface area contributed by atoms with Crippen molar-refractivity contribution in [3.05, 3.63) is 16.8 Å². The molecule has 0 spiro atoms. The molecule has 2 fully saturated rings. The normalized spacial score (nSPS) is 25.7. The number of ether oxygens (including phenoxy) is 1. The molecule has 2 atom stereocenters. The molecule has 1 saturated heterocycles. The number of nitrogens with zero attached hydrogens (tertiary/aromatic N) is 2. The number of anilines is 1. The number of aryl methyl sites for hydroxylation is 1. The van der Waals surface area contributed by atoms with E-state index in [9.17, 15) is 0 Å². The molecule has 20 heavy (non-hydrogen) atoms. The number of nitrogens with two attached hydrogens (primary N) is 1. The van der Waals surface area contributed by atoms with Crippen LogP contribution in [0.2, 0.25) is 0 Å². The first-order chi connectivity index (χ1) is 9.58. The Labute approximate surface area is 124 Å². The highest BCUT2D eigenvalue weighted by molar-refractivity contribution is 7.80. The van der Waals surface area contributed by atoms with Gasteiger partial charge in [-0.05, 0) is 44.6 Å². The van der Waals surface area contributed by atoms with Gasteiger partial charge in [-0.1, -0.05) is 12.2 Å². The van der Waals surface area contributed by atoms with Gasteiger partial charge in [-0.3, -0.25) is 0 Å². The van der Waals surface area contributed by atoms with E-state index in [1.165, 1.54) is 12.8 Å². The van der Waals surface area contributed by atoms with Gasteiger partial charge in [0.2, 0.25) is 0 Å². The van der Waals surface area contributed by atoms with Crippen LogP contribution in [0.1, 0.15) is 36.1 Å². The molecule has 3 rings (SSSR count). The summed E-state index contributed by atoms with van der Waals surface area (Å²) in [5.41, 5.74) is 8.53. The zero-order valence-electron chi connectivity index (χ0n) is 11.8. The van der Waals surface area contributed by atoms with Crippen LogP contribution in [-0.4, -0.2) is 33.9 Å². The van der Waals surface area contributed by atoms with Crippen LogP contribution in [-0.2, 0) is 4.74 Å². The van der Waals surface area contributed by atoms with Crippen LogP contribution in [0.5, 0.6) is 0 Å². The zero-order chi connectivity index (χ0) is 14.3. The predicted octanol–water partition coefficient (Wildman–Crippen LogP) is 1.71. The summed E-state index contributed by atoms with van der Waals surface area (Å²) in [5.74, 6) is 1.39. The molecule has 6 heteroatoms. The van der Waals surface area contributed by atoms with Gasteiger partial charge in [-0.2, -0.15) is 5.10 Å².